The van der Waals surface area contributed by atoms with Crippen LogP contribution in [0.2, 0.25) is 0 Å². The summed E-state index contributed by atoms with van der Waals surface area (Å²) < 4.78 is 0. The molecule has 1 aliphatic carbocycles. The zero-order valence-corrected chi connectivity index (χ0v) is 12.3. The third kappa shape index (κ3) is 2.23. The van der Waals surface area contributed by atoms with Crippen molar-refractivity contribution >= 4 is 34.2 Å². The molecule has 0 radical (unpaired) electrons. The summed E-state index contributed by atoms with van der Waals surface area (Å²) in [7, 11) is 0. The second-order valence-electron chi connectivity index (χ2n) is 5.31. The first kappa shape index (κ1) is 12.6. The molecule has 0 fully saturated rings. The lowest BCUT2D eigenvalue weighted by Gasteiger charge is -2.12. The van der Waals surface area contributed by atoms with Crippen molar-refractivity contribution in [2.75, 3.05) is 5.32 Å². The maximum Gasteiger partial charge on any atom is 0.259 e. The van der Waals surface area contributed by atoms with Gasteiger partial charge in [0, 0.05) is 10.3 Å². The fraction of sp³-hybridized carbons (Fsp3) is 0.250. The van der Waals surface area contributed by atoms with E-state index < -0.39 is 0 Å². The van der Waals surface area contributed by atoms with Crippen molar-refractivity contribution in [3.63, 3.8) is 0 Å². The van der Waals surface area contributed by atoms with Crippen LogP contribution in [-0.2, 0) is 12.8 Å². The van der Waals surface area contributed by atoms with Gasteiger partial charge in [0.25, 0.3) is 5.91 Å². The van der Waals surface area contributed by atoms with Crippen molar-refractivity contribution in [3.05, 3.63) is 45.6 Å². The van der Waals surface area contributed by atoms with Gasteiger partial charge >= 0.3 is 0 Å². The van der Waals surface area contributed by atoms with Gasteiger partial charge in [-0.1, -0.05) is 12.1 Å². The lowest BCUT2D eigenvalue weighted by molar-refractivity contribution is 0.102. The standard InChI is InChI=1S/C16H15N3OS/c20-15(11-9-21-14-8-4-1-5-10(11)14)19-16-17-12-6-2-3-7-13(12)18-16/h2-3,6-7,9H,1,4-5,8H2,(H2,17,18,19,20). The van der Waals surface area contributed by atoms with Gasteiger partial charge in [0.2, 0.25) is 5.95 Å². The maximum absolute atomic E-state index is 12.5. The Labute approximate surface area is 126 Å². The summed E-state index contributed by atoms with van der Waals surface area (Å²) >= 11 is 1.70. The average Bonchev–Trinajstić information content (AvgIpc) is 3.10. The lowest BCUT2D eigenvalue weighted by atomic mass is 9.96. The number of aryl methyl sites for hydroxylation is 1. The minimum absolute atomic E-state index is 0.0616. The molecule has 3 aromatic rings. The third-order valence-corrected chi connectivity index (χ3v) is 5.02. The van der Waals surface area contributed by atoms with Crippen molar-refractivity contribution in [1.82, 2.24) is 9.97 Å². The maximum atomic E-state index is 12.5. The Balaban J connectivity index is 1.62. The number of carbonyl (C=O) groups excluding carboxylic acids is 1. The molecule has 21 heavy (non-hydrogen) atoms. The van der Waals surface area contributed by atoms with Crippen molar-refractivity contribution in [3.8, 4) is 0 Å². The summed E-state index contributed by atoms with van der Waals surface area (Å²) in [5.74, 6) is 0.449. The Kier molecular flexibility index (Phi) is 3.00. The highest BCUT2D eigenvalue weighted by Gasteiger charge is 2.20. The van der Waals surface area contributed by atoms with E-state index in [0.717, 1.165) is 29.4 Å². The third-order valence-electron chi connectivity index (χ3n) is 3.93. The van der Waals surface area contributed by atoms with Gasteiger partial charge in [0.05, 0.1) is 16.6 Å². The predicted molar refractivity (Wildman–Crippen MR) is 85.0 cm³/mol. The molecule has 2 aromatic heterocycles. The van der Waals surface area contributed by atoms with Crippen LogP contribution in [0.3, 0.4) is 0 Å². The molecule has 4 rings (SSSR count). The Hall–Kier alpha value is -2.14. The number of H-pyrrole nitrogens is 1. The molecular formula is C16H15N3OS. The van der Waals surface area contributed by atoms with Gasteiger partial charge in [-0.05, 0) is 43.4 Å². The summed E-state index contributed by atoms with van der Waals surface area (Å²) in [6, 6.07) is 7.75. The average molecular weight is 297 g/mol. The van der Waals surface area contributed by atoms with Crippen LogP contribution >= 0.6 is 11.3 Å². The zero-order chi connectivity index (χ0) is 14.2. The van der Waals surface area contributed by atoms with E-state index in [-0.39, 0.29) is 5.91 Å². The number of fused-ring (bicyclic) bond motifs is 2. The van der Waals surface area contributed by atoms with Gasteiger partial charge in [0.1, 0.15) is 0 Å². The Morgan fingerprint density at radius 2 is 2.10 bits per heavy atom. The van der Waals surface area contributed by atoms with E-state index in [1.807, 2.05) is 29.6 Å². The molecule has 1 amide bonds. The highest BCUT2D eigenvalue weighted by atomic mass is 32.1. The van der Waals surface area contributed by atoms with Crippen molar-refractivity contribution in [2.45, 2.75) is 25.7 Å². The van der Waals surface area contributed by atoms with Crippen LogP contribution in [0.25, 0.3) is 11.0 Å². The molecule has 1 aromatic carbocycles. The number of rotatable bonds is 2. The molecule has 2 heterocycles. The normalized spacial score (nSPS) is 14.1. The number of nitrogens with one attached hydrogen (secondary N) is 2. The highest BCUT2D eigenvalue weighted by molar-refractivity contribution is 7.10. The van der Waals surface area contributed by atoms with Crippen LogP contribution in [0.5, 0.6) is 0 Å². The SMILES string of the molecule is O=C(Nc1nc2ccccc2[nH]1)c1csc2c1CCCC2. The van der Waals surface area contributed by atoms with Crippen molar-refractivity contribution in [1.29, 1.82) is 0 Å². The summed E-state index contributed by atoms with van der Waals surface area (Å²) in [6.07, 6.45) is 4.53. The fourth-order valence-electron chi connectivity index (χ4n) is 2.87. The van der Waals surface area contributed by atoms with Gasteiger partial charge in [-0.15, -0.1) is 11.3 Å². The van der Waals surface area contributed by atoms with E-state index in [2.05, 4.69) is 15.3 Å². The molecule has 1 aliphatic rings. The molecule has 0 aliphatic heterocycles. The van der Waals surface area contributed by atoms with Crippen molar-refractivity contribution < 1.29 is 4.79 Å². The number of hydrogen-bond donors (Lipinski definition) is 2. The quantitative estimate of drug-likeness (QED) is 0.756. The second-order valence-corrected chi connectivity index (χ2v) is 6.28. The first-order valence-corrected chi connectivity index (χ1v) is 8.04. The molecule has 106 valence electrons. The molecule has 0 atom stereocenters. The van der Waals surface area contributed by atoms with E-state index in [9.17, 15) is 4.79 Å². The van der Waals surface area contributed by atoms with Gasteiger partial charge in [-0.3, -0.25) is 10.1 Å². The number of nitrogens with zero attached hydrogens (tertiary/aromatic N) is 1. The number of aromatic amines is 1. The van der Waals surface area contributed by atoms with Gasteiger partial charge < -0.3 is 4.98 Å². The van der Waals surface area contributed by atoms with Gasteiger partial charge in [0.15, 0.2) is 0 Å². The number of benzene rings is 1. The molecule has 0 unspecified atom stereocenters. The van der Waals surface area contributed by atoms with Gasteiger partial charge in [-0.2, -0.15) is 0 Å². The zero-order valence-electron chi connectivity index (χ0n) is 11.5. The summed E-state index contributed by atoms with van der Waals surface area (Å²) in [6.45, 7) is 0. The monoisotopic (exact) mass is 297 g/mol. The molecule has 0 spiro atoms. The van der Waals surface area contributed by atoms with E-state index in [4.69, 9.17) is 0 Å². The first-order valence-electron chi connectivity index (χ1n) is 7.16. The molecule has 0 saturated heterocycles. The number of aromatic nitrogens is 2. The number of carbonyl (C=O) groups is 1. The number of anilines is 1. The van der Waals surface area contributed by atoms with Crippen LogP contribution in [-0.4, -0.2) is 15.9 Å². The first-order chi connectivity index (χ1) is 10.3. The van der Waals surface area contributed by atoms with E-state index in [1.54, 1.807) is 11.3 Å². The summed E-state index contributed by atoms with van der Waals surface area (Å²) in [5.41, 5.74) is 3.84. The molecule has 0 saturated carbocycles. The smallest absolute Gasteiger partial charge is 0.259 e. The van der Waals surface area contributed by atoms with Crippen molar-refractivity contribution in [2.24, 2.45) is 0 Å². The fourth-order valence-corrected chi connectivity index (χ4v) is 4.00. The number of para-hydroxylation sites is 2. The molecular weight excluding hydrogens is 282 g/mol. The predicted octanol–water partition coefficient (Wildman–Crippen LogP) is 3.76. The Morgan fingerprint density at radius 1 is 1.24 bits per heavy atom. The Morgan fingerprint density at radius 3 is 3.00 bits per heavy atom. The minimum atomic E-state index is -0.0616. The molecule has 5 heteroatoms. The van der Waals surface area contributed by atoms with Crippen LogP contribution < -0.4 is 5.32 Å². The number of imidazole rings is 1. The largest absolute Gasteiger partial charge is 0.324 e. The number of hydrogen-bond acceptors (Lipinski definition) is 3. The summed E-state index contributed by atoms with van der Waals surface area (Å²) in [5, 5.41) is 4.87. The van der Waals surface area contributed by atoms with E-state index >= 15 is 0 Å². The lowest BCUT2D eigenvalue weighted by Crippen LogP contribution is -2.15. The van der Waals surface area contributed by atoms with Crippen LogP contribution in [0, 0.1) is 0 Å². The number of amides is 1. The highest BCUT2D eigenvalue weighted by Crippen LogP contribution is 2.30. The topological polar surface area (TPSA) is 57.8 Å². The minimum Gasteiger partial charge on any atom is -0.324 e. The molecule has 2 N–H and O–H groups in total. The molecule has 0 bridgehead atoms. The van der Waals surface area contributed by atoms with Crippen LogP contribution in [0.4, 0.5) is 5.95 Å². The Bertz CT molecular complexity index is 785. The summed E-state index contributed by atoms with van der Waals surface area (Å²) in [4.78, 5) is 21.4. The number of thiophene rings is 1. The van der Waals surface area contributed by atoms with Crippen LogP contribution in [0.1, 0.15) is 33.6 Å². The second kappa shape index (κ2) is 5.00. The van der Waals surface area contributed by atoms with E-state index in [1.165, 1.54) is 23.3 Å². The molecule has 4 nitrogen and oxygen atoms in total. The van der Waals surface area contributed by atoms with Gasteiger partial charge in [-0.25, -0.2) is 4.98 Å². The van der Waals surface area contributed by atoms with Crippen LogP contribution in [0.15, 0.2) is 29.6 Å². The van der Waals surface area contributed by atoms with E-state index in [0.29, 0.717) is 5.95 Å².